The molecule has 0 unspecified atom stereocenters. The Labute approximate surface area is 136 Å². The van der Waals surface area contributed by atoms with Crippen molar-refractivity contribution in [2.45, 2.75) is 57.9 Å². The molecule has 2 N–H and O–H groups in total. The minimum Gasteiger partial charge on any atom is -0.481 e. The average molecular weight is 326 g/mol. The highest BCUT2D eigenvalue weighted by Gasteiger charge is 2.30. The third-order valence-corrected chi connectivity index (χ3v) is 4.28. The number of carboxylic acids is 1. The number of hydrogen-bond acceptors (Lipinski definition) is 2. The Bertz CT molecular complexity index is 495. The summed E-state index contributed by atoms with van der Waals surface area (Å²) < 4.78 is 0. The standard InChI is InChI=1S/C17H24ClNO3/c1-3-17(4-2,12-16(21)22)19-15(20)7-5-6-13-8-10-14(18)11-9-13/h8-11H,3-7,12H2,1-2H3,(H,19,20)(H,21,22). The van der Waals surface area contributed by atoms with Gasteiger partial charge in [-0.2, -0.15) is 0 Å². The molecule has 1 rings (SSSR count). The topological polar surface area (TPSA) is 66.4 Å². The van der Waals surface area contributed by atoms with Crippen LogP contribution in [0.25, 0.3) is 0 Å². The summed E-state index contributed by atoms with van der Waals surface area (Å²) >= 11 is 5.83. The lowest BCUT2D eigenvalue weighted by molar-refractivity contribution is -0.139. The van der Waals surface area contributed by atoms with E-state index in [-0.39, 0.29) is 12.3 Å². The monoisotopic (exact) mass is 325 g/mol. The fraction of sp³-hybridized carbons (Fsp3) is 0.529. The van der Waals surface area contributed by atoms with Gasteiger partial charge in [0.05, 0.1) is 6.42 Å². The number of nitrogens with one attached hydrogen (secondary N) is 1. The van der Waals surface area contributed by atoms with Crippen LogP contribution in [0.3, 0.4) is 0 Å². The average Bonchev–Trinajstić information content (AvgIpc) is 2.48. The molecule has 0 spiro atoms. The van der Waals surface area contributed by atoms with E-state index in [1.807, 2.05) is 38.1 Å². The van der Waals surface area contributed by atoms with Crippen molar-refractivity contribution in [1.82, 2.24) is 5.32 Å². The summed E-state index contributed by atoms with van der Waals surface area (Å²) in [7, 11) is 0. The van der Waals surface area contributed by atoms with Crippen LogP contribution in [0.2, 0.25) is 5.02 Å². The van der Waals surface area contributed by atoms with E-state index in [4.69, 9.17) is 16.7 Å². The molecule has 0 fully saturated rings. The molecule has 0 aliphatic rings. The number of aliphatic carboxylic acids is 1. The van der Waals surface area contributed by atoms with Crippen molar-refractivity contribution in [2.24, 2.45) is 0 Å². The van der Waals surface area contributed by atoms with E-state index in [1.54, 1.807) is 0 Å². The van der Waals surface area contributed by atoms with Gasteiger partial charge in [0.25, 0.3) is 0 Å². The maximum Gasteiger partial charge on any atom is 0.305 e. The van der Waals surface area contributed by atoms with Gasteiger partial charge in [0.1, 0.15) is 0 Å². The number of amides is 1. The van der Waals surface area contributed by atoms with E-state index in [2.05, 4.69) is 5.32 Å². The van der Waals surface area contributed by atoms with Crippen LogP contribution >= 0.6 is 11.6 Å². The van der Waals surface area contributed by atoms with Crippen LogP contribution in [0.15, 0.2) is 24.3 Å². The van der Waals surface area contributed by atoms with Crippen molar-refractivity contribution >= 4 is 23.5 Å². The van der Waals surface area contributed by atoms with Crippen molar-refractivity contribution in [1.29, 1.82) is 0 Å². The molecule has 0 atom stereocenters. The first-order valence-electron chi connectivity index (χ1n) is 7.68. The van der Waals surface area contributed by atoms with Crippen LogP contribution in [0.4, 0.5) is 0 Å². The molecule has 0 aliphatic heterocycles. The molecule has 0 heterocycles. The predicted octanol–water partition coefficient (Wildman–Crippen LogP) is 3.81. The van der Waals surface area contributed by atoms with Crippen LogP contribution in [0, 0.1) is 0 Å². The lowest BCUT2D eigenvalue weighted by Crippen LogP contribution is -2.49. The zero-order chi connectivity index (χ0) is 16.6. The molecular weight excluding hydrogens is 302 g/mol. The van der Waals surface area contributed by atoms with Crippen LogP contribution in [0.1, 0.15) is 51.5 Å². The van der Waals surface area contributed by atoms with Gasteiger partial charge >= 0.3 is 5.97 Å². The third kappa shape index (κ3) is 6.06. The van der Waals surface area contributed by atoms with E-state index in [0.29, 0.717) is 24.3 Å². The van der Waals surface area contributed by atoms with Gasteiger partial charge in [0, 0.05) is 17.0 Å². The summed E-state index contributed by atoms with van der Waals surface area (Å²) in [6.45, 7) is 3.81. The number of carboxylic acid groups (broad SMARTS) is 1. The molecule has 0 saturated heterocycles. The Morgan fingerprint density at radius 2 is 1.77 bits per heavy atom. The van der Waals surface area contributed by atoms with Gasteiger partial charge in [-0.05, 0) is 43.4 Å². The number of halogens is 1. The minimum absolute atomic E-state index is 0.0388. The van der Waals surface area contributed by atoms with Gasteiger partial charge in [-0.3, -0.25) is 9.59 Å². The molecule has 22 heavy (non-hydrogen) atoms. The van der Waals surface area contributed by atoms with Gasteiger partial charge in [-0.1, -0.05) is 37.6 Å². The summed E-state index contributed by atoms with van der Waals surface area (Å²) in [6.07, 6.45) is 3.10. The molecule has 5 heteroatoms. The Kier molecular flexibility index (Phi) is 7.39. The van der Waals surface area contributed by atoms with Crippen LogP contribution in [0.5, 0.6) is 0 Å². The van der Waals surface area contributed by atoms with Crippen LogP contribution in [-0.2, 0) is 16.0 Å². The molecule has 0 radical (unpaired) electrons. The Hall–Kier alpha value is -1.55. The summed E-state index contributed by atoms with van der Waals surface area (Å²) in [4.78, 5) is 23.1. The predicted molar refractivity (Wildman–Crippen MR) is 88.1 cm³/mol. The van der Waals surface area contributed by atoms with Gasteiger partial charge in [0.15, 0.2) is 0 Å². The molecule has 0 saturated carbocycles. The highest BCUT2D eigenvalue weighted by molar-refractivity contribution is 6.30. The number of carbonyl (C=O) groups is 2. The SMILES string of the molecule is CCC(CC)(CC(=O)O)NC(=O)CCCc1ccc(Cl)cc1. The maximum atomic E-state index is 12.1. The van der Waals surface area contributed by atoms with Gasteiger partial charge in [-0.25, -0.2) is 0 Å². The quantitative estimate of drug-likeness (QED) is 0.725. The van der Waals surface area contributed by atoms with E-state index in [0.717, 1.165) is 18.4 Å². The van der Waals surface area contributed by atoms with E-state index < -0.39 is 11.5 Å². The molecular formula is C17H24ClNO3. The van der Waals surface area contributed by atoms with Crippen molar-refractivity contribution in [3.8, 4) is 0 Å². The number of aryl methyl sites for hydroxylation is 1. The highest BCUT2D eigenvalue weighted by Crippen LogP contribution is 2.20. The van der Waals surface area contributed by atoms with E-state index in [1.165, 1.54) is 0 Å². The first-order chi connectivity index (χ1) is 10.4. The van der Waals surface area contributed by atoms with Gasteiger partial charge < -0.3 is 10.4 Å². The fourth-order valence-electron chi connectivity index (χ4n) is 2.47. The van der Waals surface area contributed by atoms with Crippen molar-refractivity contribution in [2.75, 3.05) is 0 Å². The number of hydrogen-bond donors (Lipinski definition) is 2. The lowest BCUT2D eigenvalue weighted by atomic mass is 9.88. The molecule has 4 nitrogen and oxygen atoms in total. The third-order valence-electron chi connectivity index (χ3n) is 4.03. The molecule has 0 bridgehead atoms. The van der Waals surface area contributed by atoms with Gasteiger partial charge in [0.2, 0.25) is 5.91 Å². The first kappa shape index (κ1) is 18.5. The smallest absolute Gasteiger partial charge is 0.305 e. The number of carbonyl (C=O) groups excluding carboxylic acids is 1. The Morgan fingerprint density at radius 1 is 1.18 bits per heavy atom. The normalized spacial score (nSPS) is 11.2. The summed E-state index contributed by atoms with van der Waals surface area (Å²) in [6, 6.07) is 7.58. The minimum atomic E-state index is -0.884. The van der Waals surface area contributed by atoms with Crippen LogP contribution < -0.4 is 5.32 Å². The Morgan fingerprint density at radius 3 is 2.27 bits per heavy atom. The maximum absolute atomic E-state index is 12.1. The van der Waals surface area contributed by atoms with E-state index >= 15 is 0 Å². The molecule has 1 aromatic rings. The largest absolute Gasteiger partial charge is 0.481 e. The summed E-state index contributed by atoms with van der Waals surface area (Å²) in [5.74, 6) is -0.968. The second-order valence-electron chi connectivity index (χ2n) is 5.59. The second kappa shape index (κ2) is 8.79. The second-order valence-corrected chi connectivity index (χ2v) is 6.02. The zero-order valence-electron chi connectivity index (χ0n) is 13.2. The summed E-state index contributed by atoms with van der Waals surface area (Å²) in [5.41, 5.74) is 0.503. The van der Waals surface area contributed by atoms with Gasteiger partial charge in [-0.15, -0.1) is 0 Å². The first-order valence-corrected chi connectivity index (χ1v) is 8.06. The lowest BCUT2D eigenvalue weighted by Gasteiger charge is -2.31. The number of rotatable bonds is 9. The number of benzene rings is 1. The van der Waals surface area contributed by atoms with E-state index in [9.17, 15) is 9.59 Å². The highest BCUT2D eigenvalue weighted by atomic mass is 35.5. The summed E-state index contributed by atoms with van der Waals surface area (Å²) in [5, 5.41) is 12.6. The molecule has 1 aromatic carbocycles. The fourth-order valence-corrected chi connectivity index (χ4v) is 2.60. The Balaban J connectivity index is 2.46. The van der Waals surface area contributed by atoms with Crippen molar-refractivity contribution in [3.63, 3.8) is 0 Å². The zero-order valence-corrected chi connectivity index (χ0v) is 13.9. The van der Waals surface area contributed by atoms with Crippen molar-refractivity contribution < 1.29 is 14.7 Å². The molecule has 1 amide bonds. The molecule has 122 valence electrons. The van der Waals surface area contributed by atoms with Crippen molar-refractivity contribution in [3.05, 3.63) is 34.9 Å². The molecule has 0 aromatic heterocycles. The molecule has 0 aliphatic carbocycles. The van der Waals surface area contributed by atoms with Crippen LogP contribution in [-0.4, -0.2) is 22.5 Å².